The average molecular weight is 384 g/mol. The molecule has 1 fully saturated rings. The molecule has 1 aromatic heterocycles. The first-order chi connectivity index (χ1) is 13.4. The Morgan fingerprint density at radius 1 is 1.11 bits per heavy atom. The van der Waals surface area contributed by atoms with E-state index < -0.39 is 0 Å². The average Bonchev–Trinajstić information content (AvgIpc) is 2.70. The highest BCUT2D eigenvalue weighted by molar-refractivity contribution is 5.78. The van der Waals surface area contributed by atoms with E-state index in [1.807, 2.05) is 37.8 Å². The zero-order valence-electron chi connectivity index (χ0n) is 17.2. The number of benzene rings is 1. The number of aryl methyl sites for hydroxylation is 2. The first kappa shape index (κ1) is 20.2. The Morgan fingerprint density at radius 3 is 2.32 bits per heavy atom. The fraction of sp³-hybridized carbons (Fsp3) is 0.500. The van der Waals surface area contributed by atoms with Gasteiger partial charge in [-0.1, -0.05) is 32.9 Å². The summed E-state index contributed by atoms with van der Waals surface area (Å²) in [5, 5.41) is 0. The summed E-state index contributed by atoms with van der Waals surface area (Å²) in [6.07, 6.45) is 1.49. The quantitative estimate of drug-likeness (QED) is 0.793. The van der Waals surface area contributed by atoms with Crippen LogP contribution in [0.3, 0.4) is 0 Å². The Morgan fingerprint density at radius 2 is 1.75 bits per heavy atom. The van der Waals surface area contributed by atoms with Gasteiger partial charge < -0.3 is 9.80 Å². The maximum absolute atomic E-state index is 13.3. The van der Waals surface area contributed by atoms with Gasteiger partial charge in [-0.15, -0.1) is 0 Å². The molecule has 5 nitrogen and oxygen atoms in total. The molecule has 28 heavy (non-hydrogen) atoms. The van der Waals surface area contributed by atoms with Crippen molar-refractivity contribution < 1.29 is 9.18 Å². The van der Waals surface area contributed by atoms with E-state index in [0.29, 0.717) is 19.5 Å². The van der Waals surface area contributed by atoms with Crippen LogP contribution in [-0.2, 0) is 17.6 Å². The van der Waals surface area contributed by atoms with Crippen LogP contribution in [0.2, 0.25) is 0 Å². The van der Waals surface area contributed by atoms with E-state index in [-0.39, 0.29) is 17.6 Å². The number of carbonyl (C=O) groups is 1. The largest absolute Gasteiger partial charge is 0.353 e. The molecule has 0 aliphatic carbocycles. The molecule has 0 N–H and O–H groups in total. The summed E-state index contributed by atoms with van der Waals surface area (Å²) in [6.45, 7) is 10.8. The molecule has 1 aliphatic rings. The molecule has 1 amide bonds. The summed E-state index contributed by atoms with van der Waals surface area (Å²) in [7, 11) is 0. The summed E-state index contributed by atoms with van der Waals surface area (Å²) in [5.74, 6) is 1.71. The fourth-order valence-corrected chi connectivity index (χ4v) is 3.68. The molecule has 2 aromatic rings. The van der Waals surface area contributed by atoms with Gasteiger partial charge in [0.05, 0.1) is 0 Å². The molecule has 3 rings (SSSR count). The van der Waals surface area contributed by atoms with Crippen LogP contribution >= 0.6 is 0 Å². The highest BCUT2D eigenvalue weighted by atomic mass is 19.1. The number of hydrogen-bond donors (Lipinski definition) is 0. The first-order valence-electron chi connectivity index (χ1n) is 10.0. The zero-order valence-corrected chi connectivity index (χ0v) is 17.2. The maximum atomic E-state index is 13.3. The standard InChI is InChI=1S/C22H29FN4O/c1-5-20-19(14-17-6-8-18(23)9-7-17)21(25-16(4)24-20)26-10-12-27(13-11-26)22(28)15(2)3/h6-9,15H,5,10-14H2,1-4H3. The zero-order chi connectivity index (χ0) is 20.3. The van der Waals surface area contributed by atoms with E-state index >= 15 is 0 Å². The molecule has 0 atom stereocenters. The molecule has 1 aromatic carbocycles. The Labute approximate surface area is 166 Å². The van der Waals surface area contributed by atoms with Crippen molar-refractivity contribution in [1.29, 1.82) is 0 Å². The number of nitrogens with zero attached hydrogens (tertiary/aromatic N) is 4. The van der Waals surface area contributed by atoms with Gasteiger partial charge in [-0.25, -0.2) is 14.4 Å². The predicted molar refractivity (Wildman–Crippen MR) is 109 cm³/mol. The van der Waals surface area contributed by atoms with Crippen molar-refractivity contribution in [3.8, 4) is 0 Å². The topological polar surface area (TPSA) is 49.3 Å². The molecule has 0 radical (unpaired) electrons. The van der Waals surface area contributed by atoms with Crippen molar-refractivity contribution >= 4 is 11.7 Å². The van der Waals surface area contributed by atoms with E-state index in [4.69, 9.17) is 4.98 Å². The molecular formula is C22H29FN4O. The maximum Gasteiger partial charge on any atom is 0.225 e. The lowest BCUT2D eigenvalue weighted by Gasteiger charge is -2.37. The molecule has 0 bridgehead atoms. The van der Waals surface area contributed by atoms with Gasteiger partial charge >= 0.3 is 0 Å². The Balaban J connectivity index is 1.87. The molecule has 2 heterocycles. The van der Waals surface area contributed by atoms with Crippen molar-refractivity contribution in [3.63, 3.8) is 0 Å². The summed E-state index contributed by atoms with van der Waals surface area (Å²) >= 11 is 0. The van der Waals surface area contributed by atoms with E-state index in [2.05, 4.69) is 16.8 Å². The van der Waals surface area contributed by atoms with Crippen molar-refractivity contribution in [1.82, 2.24) is 14.9 Å². The molecule has 0 spiro atoms. The molecular weight excluding hydrogens is 355 g/mol. The first-order valence-corrected chi connectivity index (χ1v) is 10.0. The Kier molecular flexibility index (Phi) is 6.27. The van der Waals surface area contributed by atoms with Crippen LogP contribution in [0.1, 0.15) is 43.4 Å². The summed E-state index contributed by atoms with van der Waals surface area (Å²) in [4.78, 5) is 25.9. The lowest BCUT2D eigenvalue weighted by atomic mass is 10.0. The van der Waals surface area contributed by atoms with Gasteiger partial charge in [0.25, 0.3) is 0 Å². The van der Waals surface area contributed by atoms with E-state index in [1.165, 1.54) is 12.1 Å². The monoisotopic (exact) mass is 384 g/mol. The lowest BCUT2D eigenvalue weighted by molar-refractivity contribution is -0.134. The number of aromatic nitrogens is 2. The summed E-state index contributed by atoms with van der Waals surface area (Å²) < 4.78 is 13.3. The Bertz CT molecular complexity index is 827. The second-order valence-electron chi connectivity index (χ2n) is 7.64. The van der Waals surface area contributed by atoms with E-state index in [0.717, 1.165) is 48.0 Å². The third kappa shape index (κ3) is 4.49. The number of amides is 1. The van der Waals surface area contributed by atoms with Gasteiger partial charge in [0.2, 0.25) is 5.91 Å². The van der Waals surface area contributed by atoms with Gasteiger partial charge in [-0.05, 0) is 31.0 Å². The molecule has 150 valence electrons. The van der Waals surface area contributed by atoms with Crippen LogP contribution in [0.25, 0.3) is 0 Å². The van der Waals surface area contributed by atoms with Crippen LogP contribution in [0.5, 0.6) is 0 Å². The third-order valence-electron chi connectivity index (χ3n) is 5.20. The number of rotatable bonds is 5. The molecule has 0 unspecified atom stereocenters. The van der Waals surface area contributed by atoms with Gasteiger partial charge in [-0.3, -0.25) is 4.79 Å². The highest BCUT2D eigenvalue weighted by Gasteiger charge is 2.26. The second-order valence-corrected chi connectivity index (χ2v) is 7.64. The van der Waals surface area contributed by atoms with Gasteiger partial charge in [0.15, 0.2) is 0 Å². The molecule has 1 saturated heterocycles. The van der Waals surface area contributed by atoms with Crippen molar-refractivity contribution in [2.75, 3.05) is 31.1 Å². The third-order valence-corrected chi connectivity index (χ3v) is 5.20. The van der Waals surface area contributed by atoms with Gasteiger partial charge in [0, 0.05) is 49.8 Å². The minimum atomic E-state index is -0.231. The number of hydrogen-bond acceptors (Lipinski definition) is 4. The number of halogens is 1. The van der Waals surface area contributed by atoms with E-state index in [1.54, 1.807) is 0 Å². The van der Waals surface area contributed by atoms with Crippen molar-refractivity contribution in [2.45, 2.75) is 40.5 Å². The molecule has 6 heteroatoms. The predicted octanol–water partition coefficient (Wildman–Crippen LogP) is 3.38. The molecule has 1 aliphatic heterocycles. The number of piperazine rings is 1. The smallest absolute Gasteiger partial charge is 0.225 e. The minimum Gasteiger partial charge on any atom is -0.353 e. The van der Waals surface area contributed by atoms with Gasteiger partial charge in [0.1, 0.15) is 17.5 Å². The number of anilines is 1. The molecule has 0 saturated carbocycles. The normalized spacial score (nSPS) is 14.6. The fourth-order valence-electron chi connectivity index (χ4n) is 3.68. The highest BCUT2D eigenvalue weighted by Crippen LogP contribution is 2.26. The van der Waals surface area contributed by atoms with Crippen LogP contribution in [0.15, 0.2) is 24.3 Å². The van der Waals surface area contributed by atoms with Crippen LogP contribution in [-0.4, -0.2) is 47.0 Å². The summed E-state index contributed by atoms with van der Waals surface area (Å²) in [5.41, 5.74) is 3.18. The SMILES string of the molecule is CCc1nc(C)nc(N2CCN(C(=O)C(C)C)CC2)c1Cc1ccc(F)cc1. The second kappa shape index (κ2) is 8.67. The minimum absolute atomic E-state index is 0.0218. The van der Waals surface area contributed by atoms with Gasteiger partial charge in [-0.2, -0.15) is 0 Å². The van der Waals surface area contributed by atoms with Crippen LogP contribution in [0.4, 0.5) is 10.2 Å². The van der Waals surface area contributed by atoms with Crippen LogP contribution < -0.4 is 4.90 Å². The Hall–Kier alpha value is -2.50. The summed E-state index contributed by atoms with van der Waals surface area (Å²) in [6, 6.07) is 6.62. The van der Waals surface area contributed by atoms with Crippen molar-refractivity contribution in [2.24, 2.45) is 5.92 Å². The van der Waals surface area contributed by atoms with Crippen LogP contribution in [0, 0.1) is 18.7 Å². The van der Waals surface area contributed by atoms with Crippen molar-refractivity contribution in [3.05, 3.63) is 52.7 Å². The number of carbonyl (C=O) groups excluding carboxylic acids is 1. The van der Waals surface area contributed by atoms with E-state index in [9.17, 15) is 9.18 Å². The lowest BCUT2D eigenvalue weighted by Crippen LogP contribution is -2.50.